The normalized spacial score (nSPS) is 23.7. The molecule has 6 heteroatoms. The second kappa shape index (κ2) is 8.12. The molecule has 0 unspecified atom stereocenters. The van der Waals surface area contributed by atoms with Crippen LogP contribution in [0.2, 0.25) is 0 Å². The molecule has 6 nitrogen and oxygen atoms in total. The first-order valence-electron chi connectivity index (χ1n) is 6.80. The van der Waals surface area contributed by atoms with Crippen molar-refractivity contribution in [1.29, 1.82) is 0 Å². The van der Waals surface area contributed by atoms with E-state index in [1.165, 1.54) is 0 Å². The predicted octanol–water partition coefficient (Wildman–Crippen LogP) is 0.888. The van der Waals surface area contributed by atoms with Gasteiger partial charge in [0.2, 0.25) is 0 Å². The van der Waals surface area contributed by atoms with E-state index in [2.05, 4.69) is 0 Å². The summed E-state index contributed by atoms with van der Waals surface area (Å²) >= 11 is 0. The second-order valence-electron chi connectivity index (χ2n) is 4.79. The van der Waals surface area contributed by atoms with E-state index < -0.39 is 11.8 Å². The van der Waals surface area contributed by atoms with Crippen LogP contribution in [-0.2, 0) is 19.1 Å². The molecule has 0 aliphatic carbocycles. The van der Waals surface area contributed by atoms with Crippen LogP contribution in [0.15, 0.2) is 0 Å². The molecule has 0 atom stereocenters. The standard InChI is InChI=1S/C13H22O6/c14-11-7-3-1-2-4-8-13(16,17)12(15)19-10-6-5-9-18-11/h16-17H,1-10H2. The molecule has 1 aliphatic rings. The monoisotopic (exact) mass is 274 g/mol. The number of ether oxygens (including phenoxy) is 2. The van der Waals surface area contributed by atoms with E-state index in [1.54, 1.807) is 0 Å². The van der Waals surface area contributed by atoms with E-state index in [4.69, 9.17) is 9.47 Å². The highest BCUT2D eigenvalue weighted by Crippen LogP contribution is 2.16. The molecule has 1 aliphatic heterocycles. The quantitative estimate of drug-likeness (QED) is 0.503. The van der Waals surface area contributed by atoms with E-state index in [9.17, 15) is 19.8 Å². The maximum Gasteiger partial charge on any atom is 0.366 e. The first kappa shape index (κ1) is 15.9. The van der Waals surface area contributed by atoms with Gasteiger partial charge >= 0.3 is 11.9 Å². The number of hydrogen-bond acceptors (Lipinski definition) is 6. The van der Waals surface area contributed by atoms with Crippen LogP contribution in [-0.4, -0.2) is 41.2 Å². The molecule has 0 aromatic carbocycles. The Morgan fingerprint density at radius 2 is 1.47 bits per heavy atom. The Morgan fingerprint density at radius 3 is 2.21 bits per heavy atom. The average molecular weight is 274 g/mol. The highest BCUT2D eigenvalue weighted by atomic mass is 16.6. The summed E-state index contributed by atoms with van der Waals surface area (Å²) in [5.41, 5.74) is 0. The van der Waals surface area contributed by atoms with Gasteiger partial charge < -0.3 is 19.7 Å². The van der Waals surface area contributed by atoms with Gasteiger partial charge in [0, 0.05) is 12.8 Å². The third kappa shape index (κ3) is 6.54. The van der Waals surface area contributed by atoms with Crippen LogP contribution >= 0.6 is 0 Å². The fraction of sp³-hybridized carbons (Fsp3) is 0.846. The van der Waals surface area contributed by atoms with Crippen LogP contribution in [0.3, 0.4) is 0 Å². The Balaban J connectivity index is 2.43. The van der Waals surface area contributed by atoms with Gasteiger partial charge in [-0.1, -0.05) is 12.8 Å². The van der Waals surface area contributed by atoms with Gasteiger partial charge in [-0.2, -0.15) is 0 Å². The van der Waals surface area contributed by atoms with E-state index in [-0.39, 0.29) is 19.0 Å². The minimum atomic E-state index is -2.40. The lowest BCUT2D eigenvalue weighted by Gasteiger charge is -2.19. The molecule has 1 saturated heterocycles. The van der Waals surface area contributed by atoms with Crippen LogP contribution in [0.4, 0.5) is 0 Å². The van der Waals surface area contributed by atoms with Gasteiger partial charge in [-0.05, 0) is 25.7 Å². The third-order valence-electron chi connectivity index (χ3n) is 3.02. The molecule has 1 fully saturated rings. The topological polar surface area (TPSA) is 93.1 Å². The van der Waals surface area contributed by atoms with Gasteiger partial charge in [-0.25, -0.2) is 4.79 Å². The molecule has 1 rings (SSSR count). The molecule has 0 aromatic rings. The molecular weight excluding hydrogens is 252 g/mol. The van der Waals surface area contributed by atoms with Crippen molar-refractivity contribution in [2.75, 3.05) is 13.2 Å². The number of aliphatic hydroxyl groups is 2. The molecule has 1 heterocycles. The summed E-state index contributed by atoms with van der Waals surface area (Å²) in [4.78, 5) is 22.7. The summed E-state index contributed by atoms with van der Waals surface area (Å²) < 4.78 is 9.79. The van der Waals surface area contributed by atoms with Crippen LogP contribution in [0.25, 0.3) is 0 Å². The molecule has 19 heavy (non-hydrogen) atoms. The lowest BCUT2D eigenvalue weighted by atomic mass is 10.1. The highest BCUT2D eigenvalue weighted by molar-refractivity contribution is 5.77. The Labute approximate surface area is 112 Å². The van der Waals surface area contributed by atoms with Gasteiger partial charge in [0.25, 0.3) is 5.79 Å². The number of esters is 2. The van der Waals surface area contributed by atoms with Crippen LogP contribution in [0.5, 0.6) is 0 Å². The van der Waals surface area contributed by atoms with E-state index in [0.717, 1.165) is 12.8 Å². The van der Waals surface area contributed by atoms with Crippen molar-refractivity contribution in [2.45, 2.75) is 57.2 Å². The number of carbonyl (C=O) groups excluding carboxylic acids is 2. The van der Waals surface area contributed by atoms with Crippen LogP contribution in [0.1, 0.15) is 51.4 Å². The lowest BCUT2D eigenvalue weighted by molar-refractivity contribution is -0.212. The molecule has 0 radical (unpaired) electrons. The number of cyclic esters (lactones) is 2. The van der Waals surface area contributed by atoms with Crippen molar-refractivity contribution in [3.8, 4) is 0 Å². The molecule has 0 spiro atoms. The Morgan fingerprint density at radius 1 is 0.842 bits per heavy atom. The molecule has 0 saturated carbocycles. The number of rotatable bonds is 0. The number of hydrogen-bond donors (Lipinski definition) is 2. The SMILES string of the molecule is O=C1CCCCCCC(O)(O)C(=O)OCCCCO1. The van der Waals surface area contributed by atoms with Crippen molar-refractivity contribution in [3.63, 3.8) is 0 Å². The molecule has 2 N–H and O–H groups in total. The zero-order valence-corrected chi connectivity index (χ0v) is 11.1. The molecule has 0 aromatic heterocycles. The summed E-state index contributed by atoms with van der Waals surface area (Å²) in [7, 11) is 0. The van der Waals surface area contributed by atoms with Crippen LogP contribution in [0, 0.1) is 0 Å². The summed E-state index contributed by atoms with van der Waals surface area (Å²) in [6.07, 6.45) is 4.18. The molecule has 0 amide bonds. The summed E-state index contributed by atoms with van der Waals surface area (Å²) in [6, 6.07) is 0. The Kier molecular flexibility index (Phi) is 6.80. The Hall–Kier alpha value is -1.14. The van der Waals surface area contributed by atoms with E-state index >= 15 is 0 Å². The first-order chi connectivity index (χ1) is 9.02. The molecule has 0 bridgehead atoms. The molecular formula is C13H22O6. The fourth-order valence-electron chi connectivity index (χ4n) is 1.84. The zero-order valence-electron chi connectivity index (χ0n) is 11.1. The van der Waals surface area contributed by atoms with Gasteiger partial charge in [-0.3, -0.25) is 4.79 Å². The minimum Gasteiger partial charge on any atom is -0.466 e. The fourth-order valence-corrected chi connectivity index (χ4v) is 1.84. The highest BCUT2D eigenvalue weighted by Gasteiger charge is 2.34. The van der Waals surface area contributed by atoms with Crippen molar-refractivity contribution < 1.29 is 29.3 Å². The first-order valence-corrected chi connectivity index (χ1v) is 6.80. The van der Waals surface area contributed by atoms with E-state index in [1.807, 2.05) is 0 Å². The van der Waals surface area contributed by atoms with Crippen molar-refractivity contribution in [2.24, 2.45) is 0 Å². The Bertz CT molecular complexity index is 300. The summed E-state index contributed by atoms with van der Waals surface area (Å²) in [5, 5.41) is 19.1. The maximum atomic E-state index is 11.4. The van der Waals surface area contributed by atoms with E-state index in [0.29, 0.717) is 38.7 Å². The van der Waals surface area contributed by atoms with Gasteiger partial charge in [-0.15, -0.1) is 0 Å². The predicted molar refractivity (Wildman–Crippen MR) is 66.0 cm³/mol. The van der Waals surface area contributed by atoms with Gasteiger partial charge in [0.15, 0.2) is 0 Å². The number of carbonyl (C=O) groups is 2. The van der Waals surface area contributed by atoms with Crippen LogP contribution < -0.4 is 0 Å². The maximum absolute atomic E-state index is 11.4. The van der Waals surface area contributed by atoms with Crippen molar-refractivity contribution in [3.05, 3.63) is 0 Å². The summed E-state index contributed by atoms with van der Waals surface area (Å²) in [5.74, 6) is -3.60. The third-order valence-corrected chi connectivity index (χ3v) is 3.02. The largest absolute Gasteiger partial charge is 0.466 e. The smallest absolute Gasteiger partial charge is 0.366 e. The molecule has 110 valence electrons. The van der Waals surface area contributed by atoms with Crippen molar-refractivity contribution >= 4 is 11.9 Å². The minimum absolute atomic E-state index is 0.0454. The van der Waals surface area contributed by atoms with Crippen molar-refractivity contribution in [1.82, 2.24) is 0 Å². The average Bonchev–Trinajstić information content (AvgIpc) is 2.36. The van der Waals surface area contributed by atoms with Gasteiger partial charge in [0.05, 0.1) is 13.2 Å². The second-order valence-corrected chi connectivity index (χ2v) is 4.79. The lowest BCUT2D eigenvalue weighted by Crippen LogP contribution is -2.40. The zero-order chi connectivity index (χ0) is 14.1. The van der Waals surface area contributed by atoms with Gasteiger partial charge in [0.1, 0.15) is 0 Å². The summed E-state index contributed by atoms with van der Waals surface area (Å²) in [6.45, 7) is 0.402.